The fourth-order valence-corrected chi connectivity index (χ4v) is 4.83. The lowest BCUT2D eigenvalue weighted by Gasteiger charge is -2.38. The molecule has 1 aliphatic heterocycles. The largest absolute Gasteiger partial charge is 0.383 e. The summed E-state index contributed by atoms with van der Waals surface area (Å²) in [6, 6.07) is 6.98. The highest BCUT2D eigenvalue weighted by atomic mass is 35.5. The van der Waals surface area contributed by atoms with Crippen LogP contribution in [0.15, 0.2) is 41.6 Å². The molecule has 0 bridgehead atoms. The molecule has 2 heterocycles. The molecular weight excluding hydrogens is 453 g/mol. The highest BCUT2D eigenvalue weighted by Gasteiger charge is 2.34. The van der Waals surface area contributed by atoms with Crippen molar-refractivity contribution in [3.8, 4) is 0 Å². The minimum atomic E-state index is -0.192. The van der Waals surface area contributed by atoms with E-state index in [0.29, 0.717) is 31.4 Å². The van der Waals surface area contributed by atoms with Crippen LogP contribution in [-0.2, 0) is 4.74 Å². The van der Waals surface area contributed by atoms with Gasteiger partial charge in [0.15, 0.2) is 0 Å². The highest BCUT2D eigenvalue weighted by molar-refractivity contribution is 6.29. The van der Waals surface area contributed by atoms with Crippen LogP contribution in [0.3, 0.4) is 0 Å². The molecule has 6 nitrogen and oxygen atoms in total. The van der Waals surface area contributed by atoms with Crippen molar-refractivity contribution in [1.82, 2.24) is 15.3 Å². The lowest BCUT2D eigenvalue weighted by atomic mass is 9.84. The van der Waals surface area contributed by atoms with Crippen molar-refractivity contribution in [1.29, 1.82) is 0 Å². The molecule has 2 aromatic rings. The summed E-state index contributed by atoms with van der Waals surface area (Å²) in [5, 5.41) is 5.00. The molecule has 0 amide bonds. The summed E-state index contributed by atoms with van der Waals surface area (Å²) in [5.41, 5.74) is 8.55. The summed E-state index contributed by atoms with van der Waals surface area (Å²) in [5.74, 6) is 0.466. The molecule has 3 rings (SSSR count). The maximum atomic E-state index is 15.1. The standard InChI is InChI=1S/C26H35ClFN5O/c1-16-8-10-21(28)24(19(16)4)20(5)25(22-14-18(3)30-31-22)32(6)15-33(12-13-34-7)26-17(2)9-11-23(27)29-26/h8-11,20,25,30H,3,12-15H2,1-2,4-7H3. The number of ether oxygens (including phenoxy) is 1. The van der Waals surface area contributed by atoms with E-state index in [1.807, 2.05) is 40.0 Å². The van der Waals surface area contributed by atoms with Gasteiger partial charge in [-0.05, 0) is 62.2 Å². The normalized spacial score (nSPS) is 15.3. The minimum absolute atomic E-state index is 0.144. The third-order valence-corrected chi connectivity index (χ3v) is 6.74. The number of allylic oxidation sites excluding steroid dienone is 1. The van der Waals surface area contributed by atoms with Crippen molar-refractivity contribution in [2.75, 3.05) is 38.9 Å². The molecule has 1 aliphatic rings. The summed E-state index contributed by atoms with van der Waals surface area (Å²) < 4.78 is 20.5. The number of nitrogens with zero attached hydrogens (tertiary/aromatic N) is 4. The Bertz CT molecular complexity index is 1070. The lowest BCUT2D eigenvalue weighted by molar-refractivity contribution is 0.196. The Balaban J connectivity index is 1.99. The van der Waals surface area contributed by atoms with Gasteiger partial charge in [-0.1, -0.05) is 37.2 Å². The maximum absolute atomic E-state index is 15.1. The van der Waals surface area contributed by atoms with Crippen LogP contribution in [0.1, 0.15) is 41.5 Å². The van der Waals surface area contributed by atoms with E-state index >= 15 is 4.39 Å². The summed E-state index contributed by atoms with van der Waals surface area (Å²) >= 11 is 6.23. The van der Waals surface area contributed by atoms with Crippen molar-refractivity contribution in [2.24, 2.45) is 5.10 Å². The molecule has 0 saturated carbocycles. The van der Waals surface area contributed by atoms with Crippen LogP contribution < -0.4 is 10.3 Å². The van der Waals surface area contributed by atoms with Crippen molar-refractivity contribution >= 4 is 23.1 Å². The molecule has 184 valence electrons. The quantitative estimate of drug-likeness (QED) is 0.370. The Morgan fingerprint density at radius 1 is 1.21 bits per heavy atom. The summed E-state index contributed by atoms with van der Waals surface area (Å²) in [4.78, 5) is 8.92. The zero-order valence-electron chi connectivity index (χ0n) is 21.0. The minimum Gasteiger partial charge on any atom is -0.383 e. The van der Waals surface area contributed by atoms with Gasteiger partial charge >= 0.3 is 0 Å². The number of likely N-dealkylation sites (N-methyl/N-ethyl adjacent to an activating group) is 1. The monoisotopic (exact) mass is 487 g/mol. The average molecular weight is 488 g/mol. The first-order valence-corrected chi connectivity index (χ1v) is 11.8. The predicted molar refractivity (Wildman–Crippen MR) is 138 cm³/mol. The van der Waals surface area contributed by atoms with Crippen LogP contribution in [0.5, 0.6) is 0 Å². The predicted octanol–water partition coefficient (Wildman–Crippen LogP) is 5.18. The molecule has 0 fully saturated rings. The van der Waals surface area contributed by atoms with Crippen molar-refractivity contribution in [2.45, 2.75) is 46.1 Å². The summed E-state index contributed by atoms with van der Waals surface area (Å²) in [6.07, 6.45) is 0.623. The number of hydrogen-bond donors (Lipinski definition) is 1. The Kier molecular flexibility index (Phi) is 8.68. The molecule has 1 N–H and O–H groups in total. The zero-order valence-corrected chi connectivity index (χ0v) is 21.7. The molecule has 1 aromatic heterocycles. The smallest absolute Gasteiger partial charge is 0.134 e. The van der Waals surface area contributed by atoms with E-state index < -0.39 is 0 Å². The van der Waals surface area contributed by atoms with Crippen LogP contribution in [0.4, 0.5) is 10.2 Å². The third kappa shape index (κ3) is 5.77. The fourth-order valence-electron chi connectivity index (χ4n) is 4.68. The van der Waals surface area contributed by atoms with Crippen LogP contribution in [0.2, 0.25) is 5.15 Å². The molecule has 0 aliphatic carbocycles. The Morgan fingerprint density at radius 2 is 1.91 bits per heavy atom. The molecule has 0 saturated heterocycles. The number of benzene rings is 1. The van der Waals surface area contributed by atoms with Crippen LogP contribution in [0.25, 0.3) is 0 Å². The van der Waals surface area contributed by atoms with E-state index in [9.17, 15) is 0 Å². The van der Waals surface area contributed by atoms with Gasteiger partial charge in [0.1, 0.15) is 16.8 Å². The van der Waals surface area contributed by atoms with Gasteiger partial charge < -0.3 is 9.64 Å². The van der Waals surface area contributed by atoms with Gasteiger partial charge in [0.25, 0.3) is 0 Å². The number of anilines is 1. The van der Waals surface area contributed by atoms with Crippen molar-refractivity contribution in [3.05, 3.63) is 69.8 Å². The van der Waals surface area contributed by atoms with Gasteiger partial charge in [-0.3, -0.25) is 10.3 Å². The highest BCUT2D eigenvalue weighted by Crippen LogP contribution is 2.33. The maximum Gasteiger partial charge on any atom is 0.134 e. The molecule has 0 radical (unpaired) electrons. The van der Waals surface area contributed by atoms with E-state index in [2.05, 4.69) is 38.8 Å². The Morgan fingerprint density at radius 3 is 2.56 bits per heavy atom. The van der Waals surface area contributed by atoms with Gasteiger partial charge in [-0.15, -0.1) is 0 Å². The first-order valence-electron chi connectivity index (χ1n) is 11.5. The molecular formula is C26H35ClFN5O. The van der Waals surface area contributed by atoms with E-state index in [-0.39, 0.29) is 17.8 Å². The van der Waals surface area contributed by atoms with Crippen molar-refractivity contribution < 1.29 is 9.13 Å². The molecule has 1 aromatic carbocycles. The second kappa shape index (κ2) is 11.3. The number of nitrogens with one attached hydrogen (secondary N) is 1. The zero-order chi connectivity index (χ0) is 25.0. The summed E-state index contributed by atoms with van der Waals surface area (Å²) in [7, 11) is 3.71. The van der Waals surface area contributed by atoms with Gasteiger partial charge in [0, 0.05) is 31.7 Å². The number of hydrazone groups is 1. The van der Waals surface area contributed by atoms with E-state index in [1.165, 1.54) is 0 Å². The summed E-state index contributed by atoms with van der Waals surface area (Å²) in [6.45, 7) is 13.8. The SMILES string of the molecule is C=C1CC(C(C(C)c2c(F)ccc(C)c2C)N(C)CN(CCOC)c2nc(Cl)ccc2C)=NN1. The Labute approximate surface area is 207 Å². The Hall–Kier alpha value is -2.48. The van der Waals surface area contributed by atoms with Crippen LogP contribution in [-0.4, -0.2) is 55.6 Å². The number of aryl methyl sites for hydroxylation is 2. The number of aromatic nitrogens is 1. The molecule has 2 atom stereocenters. The molecule has 0 spiro atoms. The number of pyridine rings is 1. The topological polar surface area (TPSA) is 53.0 Å². The third-order valence-electron chi connectivity index (χ3n) is 6.52. The van der Waals surface area contributed by atoms with E-state index in [4.69, 9.17) is 16.3 Å². The van der Waals surface area contributed by atoms with E-state index in [0.717, 1.165) is 39.5 Å². The van der Waals surface area contributed by atoms with Crippen LogP contribution in [0, 0.1) is 26.6 Å². The molecule has 8 heteroatoms. The number of hydrogen-bond acceptors (Lipinski definition) is 6. The number of rotatable bonds is 10. The lowest BCUT2D eigenvalue weighted by Crippen LogP contribution is -2.48. The van der Waals surface area contributed by atoms with Crippen LogP contribution >= 0.6 is 11.6 Å². The number of halogens is 2. The first kappa shape index (κ1) is 26.1. The van der Waals surface area contributed by atoms with Crippen molar-refractivity contribution in [3.63, 3.8) is 0 Å². The second-order valence-corrected chi connectivity index (χ2v) is 9.45. The van der Waals surface area contributed by atoms with Gasteiger partial charge in [-0.2, -0.15) is 5.10 Å². The molecule has 2 unspecified atom stereocenters. The molecule has 34 heavy (non-hydrogen) atoms. The first-order chi connectivity index (χ1) is 16.1. The van der Waals surface area contributed by atoms with Gasteiger partial charge in [-0.25, -0.2) is 9.37 Å². The van der Waals surface area contributed by atoms with Gasteiger partial charge in [0.2, 0.25) is 0 Å². The fraction of sp³-hybridized carbons (Fsp3) is 0.462. The second-order valence-electron chi connectivity index (χ2n) is 9.06. The number of methoxy groups -OCH3 is 1. The average Bonchev–Trinajstić information content (AvgIpc) is 3.21. The van der Waals surface area contributed by atoms with E-state index in [1.54, 1.807) is 19.2 Å². The van der Waals surface area contributed by atoms with Gasteiger partial charge in [0.05, 0.1) is 25.0 Å².